The molecule has 1 aromatic rings. The number of nitrogens with one attached hydrogen (secondary N) is 1. The van der Waals surface area contributed by atoms with E-state index in [9.17, 15) is 0 Å². The van der Waals surface area contributed by atoms with Crippen molar-refractivity contribution in [2.24, 2.45) is 0 Å². The molecule has 2 atom stereocenters. The van der Waals surface area contributed by atoms with Crippen molar-refractivity contribution < 1.29 is 9.47 Å². The Morgan fingerprint density at radius 3 is 2.29 bits per heavy atom. The minimum Gasteiger partial charge on any atom is -0.491 e. The van der Waals surface area contributed by atoms with E-state index in [-0.39, 0.29) is 18.2 Å². The first-order valence-electron chi connectivity index (χ1n) is 6.05. The second kappa shape index (κ2) is 6.62. The van der Waals surface area contributed by atoms with Gasteiger partial charge in [0.05, 0.1) is 18.2 Å². The van der Waals surface area contributed by atoms with Gasteiger partial charge in [-0.2, -0.15) is 0 Å². The molecule has 0 amide bonds. The van der Waals surface area contributed by atoms with Crippen LogP contribution in [-0.2, 0) is 4.74 Å². The summed E-state index contributed by atoms with van der Waals surface area (Å²) < 4.78 is 11.2. The minimum atomic E-state index is 0.0944. The lowest BCUT2D eigenvalue weighted by Gasteiger charge is -2.25. The predicted octanol–water partition coefficient (Wildman–Crippen LogP) is 2.77. The Bertz CT molecular complexity index is 339. The third kappa shape index (κ3) is 3.72. The van der Waals surface area contributed by atoms with Crippen LogP contribution in [0, 0.1) is 0 Å². The Morgan fingerprint density at radius 2 is 1.76 bits per heavy atom. The summed E-state index contributed by atoms with van der Waals surface area (Å²) >= 11 is 0. The molecule has 0 aliphatic heterocycles. The lowest BCUT2D eigenvalue weighted by atomic mass is 10.0. The normalized spacial score (nSPS) is 14.7. The third-order valence-electron chi connectivity index (χ3n) is 2.77. The quantitative estimate of drug-likeness (QED) is 0.825. The molecule has 0 fully saturated rings. The van der Waals surface area contributed by atoms with E-state index in [0.717, 1.165) is 11.3 Å². The SMILES string of the molecule is CNC(c1ccccc1OC(C)C)C(C)OC. The maximum absolute atomic E-state index is 5.83. The molecule has 0 saturated heterocycles. The van der Waals surface area contributed by atoms with Gasteiger partial charge in [0, 0.05) is 12.7 Å². The van der Waals surface area contributed by atoms with Gasteiger partial charge in [-0.3, -0.25) is 0 Å². The summed E-state index contributed by atoms with van der Waals surface area (Å²) in [6.07, 6.45) is 0.267. The Balaban J connectivity index is 3.01. The summed E-state index contributed by atoms with van der Waals surface area (Å²) in [5.74, 6) is 0.922. The highest BCUT2D eigenvalue weighted by Crippen LogP contribution is 2.28. The van der Waals surface area contributed by atoms with E-state index in [1.54, 1.807) is 7.11 Å². The number of methoxy groups -OCH3 is 1. The monoisotopic (exact) mass is 237 g/mol. The first-order chi connectivity index (χ1) is 8.10. The van der Waals surface area contributed by atoms with E-state index in [0.29, 0.717) is 0 Å². The highest BCUT2D eigenvalue weighted by molar-refractivity contribution is 5.36. The number of rotatable bonds is 6. The largest absolute Gasteiger partial charge is 0.491 e. The van der Waals surface area contributed by atoms with Gasteiger partial charge < -0.3 is 14.8 Å². The first kappa shape index (κ1) is 14.0. The molecule has 1 aromatic carbocycles. The number of hydrogen-bond donors (Lipinski definition) is 1. The van der Waals surface area contributed by atoms with Crippen molar-refractivity contribution >= 4 is 0 Å². The number of hydrogen-bond acceptors (Lipinski definition) is 3. The van der Waals surface area contributed by atoms with Crippen molar-refractivity contribution in [2.45, 2.75) is 39.0 Å². The van der Waals surface area contributed by atoms with Crippen molar-refractivity contribution in [3.8, 4) is 5.75 Å². The topological polar surface area (TPSA) is 30.5 Å². The smallest absolute Gasteiger partial charge is 0.124 e. The average Bonchev–Trinajstić information content (AvgIpc) is 2.31. The standard InChI is InChI=1S/C14H23NO2/c1-10(2)17-13-9-7-6-8-12(13)14(15-4)11(3)16-5/h6-11,14-15H,1-5H3. The molecule has 0 aliphatic carbocycles. The van der Waals surface area contributed by atoms with Crippen molar-refractivity contribution in [1.82, 2.24) is 5.32 Å². The summed E-state index contributed by atoms with van der Waals surface area (Å²) in [5.41, 5.74) is 1.14. The molecule has 3 heteroatoms. The first-order valence-corrected chi connectivity index (χ1v) is 6.05. The van der Waals surface area contributed by atoms with Crippen LogP contribution in [0.3, 0.4) is 0 Å². The Labute approximate surface area is 104 Å². The fourth-order valence-electron chi connectivity index (χ4n) is 1.88. The van der Waals surface area contributed by atoms with Gasteiger partial charge in [-0.05, 0) is 33.9 Å². The van der Waals surface area contributed by atoms with Gasteiger partial charge in [0.2, 0.25) is 0 Å². The average molecular weight is 237 g/mol. The van der Waals surface area contributed by atoms with E-state index >= 15 is 0 Å². The van der Waals surface area contributed by atoms with E-state index in [1.165, 1.54) is 0 Å². The van der Waals surface area contributed by atoms with Gasteiger partial charge in [0.15, 0.2) is 0 Å². The zero-order valence-electron chi connectivity index (χ0n) is 11.4. The fraction of sp³-hybridized carbons (Fsp3) is 0.571. The highest BCUT2D eigenvalue weighted by Gasteiger charge is 2.20. The molecule has 1 N–H and O–H groups in total. The lowest BCUT2D eigenvalue weighted by molar-refractivity contribution is 0.0839. The van der Waals surface area contributed by atoms with Gasteiger partial charge in [-0.25, -0.2) is 0 Å². The summed E-state index contributed by atoms with van der Waals surface area (Å²) in [4.78, 5) is 0. The summed E-state index contributed by atoms with van der Waals surface area (Å²) in [7, 11) is 3.66. The maximum Gasteiger partial charge on any atom is 0.124 e. The van der Waals surface area contributed by atoms with Crippen LogP contribution in [0.1, 0.15) is 32.4 Å². The lowest BCUT2D eigenvalue weighted by Crippen LogP contribution is -2.29. The zero-order chi connectivity index (χ0) is 12.8. The molecule has 0 aromatic heterocycles. The third-order valence-corrected chi connectivity index (χ3v) is 2.77. The Hall–Kier alpha value is -1.06. The minimum absolute atomic E-state index is 0.0944. The molecule has 3 nitrogen and oxygen atoms in total. The molecule has 0 saturated carbocycles. The van der Waals surface area contributed by atoms with Crippen LogP contribution in [0.5, 0.6) is 5.75 Å². The molecule has 1 rings (SSSR count). The maximum atomic E-state index is 5.83. The molecular formula is C14H23NO2. The fourth-order valence-corrected chi connectivity index (χ4v) is 1.88. The van der Waals surface area contributed by atoms with Gasteiger partial charge in [0.25, 0.3) is 0 Å². The molecule has 96 valence electrons. The number of benzene rings is 1. The molecule has 0 heterocycles. The van der Waals surface area contributed by atoms with Crippen LogP contribution in [0.2, 0.25) is 0 Å². The van der Waals surface area contributed by atoms with Gasteiger partial charge >= 0.3 is 0 Å². The van der Waals surface area contributed by atoms with Crippen LogP contribution in [0.25, 0.3) is 0 Å². The van der Waals surface area contributed by atoms with Crippen LogP contribution in [-0.4, -0.2) is 26.4 Å². The van der Waals surface area contributed by atoms with E-state index < -0.39 is 0 Å². The number of para-hydroxylation sites is 1. The zero-order valence-corrected chi connectivity index (χ0v) is 11.4. The summed E-state index contributed by atoms with van der Waals surface area (Å²) in [5, 5.41) is 3.28. The Kier molecular flexibility index (Phi) is 5.45. The van der Waals surface area contributed by atoms with Crippen molar-refractivity contribution in [1.29, 1.82) is 0 Å². The van der Waals surface area contributed by atoms with Gasteiger partial charge in [-0.1, -0.05) is 18.2 Å². The predicted molar refractivity (Wildman–Crippen MR) is 70.5 cm³/mol. The number of ether oxygens (including phenoxy) is 2. The van der Waals surface area contributed by atoms with E-state index in [4.69, 9.17) is 9.47 Å². The van der Waals surface area contributed by atoms with Crippen molar-refractivity contribution in [2.75, 3.05) is 14.2 Å². The van der Waals surface area contributed by atoms with Crippen molar-refractivity contribution in [3.05, 3.63) is 29.8 Å². The van der Waals surface area contributed by atoms with Gasteiger partial charge in [0.1, 0.15) is 5.75 Å². The van der Waals surface area contributed by atoms with Gasteiger partial charge in [-0.15, -0.1) is 0 Å². The molecule has 0 radical (unpaired) electrons. The molecule has 0 aliphatic rings. The molecule has 17 heavy (non-hydrogen) atoms. The van der Waals surface area contributed by atoms with E-state index in [1.807, 2.05) is 46.0 Å². The second-order valence-electron chi connectivity index (χ2n) is 4.41. The molecule has 0 spiro atoms. The van der Waals surface area contributed by atoms with E-state index in [2.05, 4.69) is 11.4 Å². The second-order valence-corrected chi connectivity index (χ2v) is 4.41. The van der Waals surface area contributed by atoms with Crippen LogP contribution in [0.4, 0.5) is 0 Å². The highest BCUT2D eigenvalue weighted by atomic mass is 16.5. The summed E-state index contributed by atoms with van der Waals surface area (Å²) in [6.45, 7) is 6.11. The molecule has 2 unspecified atom stereocenters. The molecular weight excluding hydrogens is 214 g/mol. The van der Waals surface area contributed by atoms with Crippen molar-refractivity contribution in [3.63, 3.8) is 0 Å². The summed E-state index contributed by atoms with van der Waals surface area (Å²) in [6, 6.07) is 8.23. The van der Waals surface area contributed by atoms with Crippen LogP contribution in [0.15, 0.2) is 24.3 Å². The molecule has 0 bridgehead atoms. The van der Waals surface area contributed by atoms with Crippen LogP contribution >= 0.6 is 0 Å². The Morgan fingerprint density at radius 1 is 1.12 bits per heavy atom. The number of likely N-dealkylation sites (N-methyl/N-ethyl adjacent to an activating group) is 1. The van der Waals surface area contributed by atoms with Crippen LogP contribution < -0.4 is 10.1 Å².